The highest BCUT2D eigenvalue weighted by atomic mass is 79.9. The summed E-state index contributed by atoms with van der Waals surface area (Å²) in [6.07, 6.45) is 1.55. The lowest BCUT2D eigenvalue weighted by Gasteiger charge is -2.12. The third-order valence-electron chi connectivity index (χ3n) is 2.74. The maximum Gasteiger partial charge on any atom is 0.184 e. The summed E-state index contributed by atoms with van der Waals surface area (Å²) in [6.45, 7) is 0.314. The third kappa shape index (κ3) is 5.35. The number of hydrogen-bond donors (Lipinski definition) is 2. The second-order valence-corrected chi connectivity index (χ2v) is 6.54. The molecule has 0 atom stereocenters. The second kappa shape index (κ2) is 8.49. The van der Waals surface area contributed by atoms with Gasteiger partial charge < -0.3 is 10.5 Å². The van der Waals surface area contributed by atoms with Gasteiger partial charge in [-0.05, 0) is 51.9 Å². The Morgan fingerprint density at radius 3 is 2.70 bits per heavy atom. The van der Waals surface area contributed by atoms with E-state index in [1.54, 1.807) is 12.3 Å². The molecule has 0 spiro atoms. The number of rotatable bonds is 5. The van der Waals surface area contributed by atoms with Crippen molar-refractivity contribution < 1.29 is 4.74 Å². The summed E-state index contributed by atoms with van der Waals surface area (Å²) in [6, 6.07) is 11.0. The first kappa shape index (κ1) is 18.0. The minimum absolute atomic E-state index is 0.0890. The quantitative estimate of drug-likeness (QED) is 0.414. The number of benzene rings is 2. The van der Waals surface area contributed by atoms with Gasteiger partial charge in [0.15, 0.2) is 10.9 Å². The largest absolute Gasteiger partial charge is 0.486 e. The number of thiocarbonyl (C=S) groups is 1. The highest BCUT2D eigenvalue weighted by molar-refractivity contribution is 9.10. The topological polar surface area (TPSA) is 59.6 Å². The van der Waals surface area contributed by atoms with Crippen LogP contribution >= 0.6 is 51.3 Å². The molecule has 4 nitrogen and oxygen atoms in total. The van der Waals surface area contributed by atoms with E-state index < -0.39 is 0 Å². The Labute approximate surface area is 157 Å². The van der Waals surface area contributed by atoms with Crippen molar-refractivity contribution in [1.29, 1.82) is 0 Å². The van der Waals surface area contributed by atoms with Crippen LogP contribution in [0.25, 0.3) is 0 Å². The molecule has 0 fully saturated rings. The fourth-order valence-corrected chi connectivity index (χ4v) is 2.96. The summed E-state index contributed by atoms with van der Waals surface area (Å²) in [5.74, 6) is 0.533. The van der Waals surface area contributed by atoms with E-state index in [4.69, 9.17) is 33.7 Å². The summed E-state index contributed by atoms with van der Waals surface area (Å²) < 4.78 is 6.47. The van der Waals surface area contributed by atoms with Gasteiger partial charge in [0.25, 0.3) is 0 Å². The molecule has 23 heavy (non-hydrogen) atoms. The van der Waals surface area contributed by atoms with Crippen LogP contribution in [0.1, 0.15) is 11.1 Å². The fraction of sp³-hybridized carbons (Fsp3) is 0.0667. The van der Waals surface area contributed by atoms with Crippen LogP contribution < -0.4 is 15.9 Å². The normalized spacial score (nSPS) is 10.7. The third-order valence-corrected chi connectivity index (χ3v) is 4.07. The van der Waals surface area contributed by atoms with Gasteiger partial charge in [-0.15, -0.1) is 0 Å². The maximum atomic E-state index is 6.26. The molecule has 0 heterocycles. The van der Waals surface area contributed by atoms with Crippen molar-refractivity contribution in [1.82, 2.24) is 5.43 Å². The van der Waals surface area contributed by atoms with Crippen LogP contribution in [0.15, 0.2) is 46.0 Å². The summed E-state index contributed by atoms with van der Waals surface area (Å²) in [5, 5.41) is 5.06. The van der Waals surface area contributed by atoms with Gasteiger partial charge in [0, 0.05) is 10.6 Å². The summed E-state index contributed by atoms with van der Waals surface area (Å²) in [7, 11) is 0. The summed E-state index contributed by atoms with van der Waals surface area (Å²) in [4.78, 5) is 0. The van der Waals surface area contributed by atoms with Gasteiger partial charge in [0.2, 0.25) is 0 Å². The summed E-state index contributed by atoms with van der Waals surface area (Å²) >= 11 is 20.5. The van der Waals surface area contributed by atoms with Crippen molar-refractivity contribution in [2.45, 2.75) is 6.61 Å². The number of halogens is 3. The zero-order valence-electron chi connectivity index (χ0n) is 11.7. The first-order valence-corrected chi connectivity index (χ1v) is 8.37. The average Bonchev–Trinajstić information content (AvgIpc) is 2.48. The van der Waals surface area contributed by atoms with Gasteiger partial charge >= 0.3 is 0 Å². The van der Waals surface area contributed by atoms with E-state index in [9.17, 15) is 0 Å². The van der Waals surface area contributed by atoms with E-state index in [2.05, 4.69) is 38.7 Å². The van der Waals surface area contributed by atoms with Crippen molar-refractivity contribution in [3.8, 4) is 5.75 Å². The molecule has 3 N–H and O–H groups in total. The molecule has 120 valence electrons. The molecule has 0 amide bonds. The Bertz CT molecular complexity index is 732. The SMILES string of the molecule is NC(=S)N/N=C/c1cc(Cl)c(OCc2ccccc2Cl)c(Br)c1. The predicted molar refractivity (Wildman–Crippen MR) is 102 cm³/mol. The number of hydrazone groups is 1. The molecule has 0 bridgehead atoms. The van der Waals surface area contributed by atoms with Gasteiger partial charge in [-0.2, -0.15) is 5.10 Å². The molecule has 0 radical (unpaired) electrons. The van der Waals surface area contributed by atoms with Crippen LogP contribution in [0.2, 0.25) is 10.0 Å². The first-order valence-electron chi connectivity index (χ1n) is 6.41. The minimum Gasteiger partial charge on any atom is -0.486 e. The van der Waals surface area contributed by atoms with Gasteiger partial charge in [0.1, 0.15) is 6.61 Å². The molecule has 2 aromatic rings. The lowest BCUT2D eigenvalue weighted by Crippen LogP contribution is -2.23. The van der Waals surface area contributed by atoms with Crippen molar-refractivity contribution in [2.24, 2.45) is 10.8 Å². The number of hydrogen-bond acceptors (Lipinski definition) is 3. The van der Waals surface area contributed by atoms with Crippen molar-refractivity contribution in [3.05, 3.63) is 62.0 Å². The Hall–Kier alpha value is -1.34. The fourth-order valence-electron chi connectivity index (χ4n) is 1.73. The van der Waals surface area contributed by atoms with E-state index >= 15 is 0 Å². The smallest absolute Gasteiger partial charge is 0.184 e. The van der Waals surface area contributed by atoms with Crippen LogP contribution in [-0.4, -0.2) is 11.3 Å². The van der Waals surface area contributed by atoms with Crippen LogP contribution in [0.5, 0.6) is 5.75 Å². The average molecular weight is 433 g/mol. The number of ether oxygens (including phenoxy) is 1. The van der Waals surface area contributed by atoms with Gasteiger partial charge in [0.05, 0.1) is 15.7 Å². The Morgan fingerprint density at radius 1 is 1.30 bits per heavy atom. The molecule has 8 heteroatoms. The van der Waals surface area contributed by atoms with Crippen LogP contribution in [0.4, 0.5) is 0 Å². The lowest BCUT2D eigenvalue weighted by molar-refractivity contribution is 0.304. The number of nitrogens with one attached hydrogen (secondary N) is 1. The molecule has 0 saturated heterocycles. The number of nitrogens with two attached hydrogens (primary N) is 1. The van der Waals surface area contributed by atoms with E-state index in [1.165, 1.54) is 0 Å². The molecule has 2 rings (SSSR count). The maximum absolute atomic E-state index is 6.26. The molecule has 0 aliphatic rings. The zero-order valence-corrected chi connectivity index (χ0v) is 15.6. The molecule has 0 saturated carbocycles. The van der Waals surface area contributed by atoms with E-state index in [0.29, 0.717) is 26.9 Å². The molecule has 0 aromatic heterocycles. The Morgan fingerprint density at radius 2 is 2.04 bits per heavy atom. The predicted octanol–water partition coefficient (Wildman–Crippen LogP) is 4.50. The first-order chi connectivity index (χ1) is 11.0. The lowest BCUT2D eigenvalue weighted by atomic mass is 10.2. The van der Waals surface area contributed by atoms with E-state index in [1.807, 2.05) is 30.3 Å². The van der Waals surface area contributed by atoms with E-state index in [0.717, 1.165) is 11.1 Å². The van der Waals surface area contributed by atoms with Crippen LogP contribution in [0, 0.1) is 0 Å². The molecular formula is C15H12BrCl2N3OS. The Balaban J connectivity index is 2.13. The van der Waals surface area contributed by atoms with Gasteiger partial charge in [-0.1, -0.05) is 41.4 Å². The minimum atomic E-state index is 0.0890. The highest BCUT2D eigenvalue weighted by Gasteiger charge is 2.10. The highest BCUT2D eigenvalue weighted by Crippen LogP contribution is 2.35. The second-order valence-electron chi connectivity index (χ2n) is 4.43. The number of nitrogens with zero attached hydrogens (tertiary/aromatic N) is 1. The standard InChI is InChI=1S/C15H12BrCl2N3OS/c16-11-5-9(7-20-21-15(19)23)6-13(18)14(11)22-8-10-3-1-2-4-12(10)17/h1-7H,8H2,(H3,19,21,23)/b20-7+. The summed E-state index contributed by atoms with van der Waals surface area (Å²) in [5.41, 5.74) is 9.40. The van der Waals surface area contributed by atoms with E-state index in [-0.39, 0.29) is 5.11 Å². The van der Waals surface area contributed by atoms with Crippen molar-refractivity contribution >= 4 is 62.7 Å². The molecule has 2 aromatic carbocycles. The van der Waals surface area contributed by atoms with Gasteiger partial charge in [-0.25, -0.2) is 0 Å². The van der Waals surface area contributed by atoms with Crippen LogP contribution in [0.3, 0.4) is 0 Å². The molecule has 0 aliphatic heterocycles. The molecule has 0 unspecified atom stereocenters. The molecular weight excluding hydrogens is 421 g/mol. The van der Waals surface area contributed by atoms with Crippen molar-refractivity contribution in [3.63, 3.8) is 0 Å². The Kier molecular flexibility index (Phi) is 6.65. The van der Waals surface area contributed by atoms with Gasteiger partial charge in [-0.3, -0.25) is 5.43 Å². The van der Waals surface area contributed by atoms with Crippen molar-refractivity contribution in [2.75, 3.05) is 0 Å². The van der Waals surface area contributed by atoms with Crippen LogP contribution in [-0.2, 0) is 6.61 Å². The molecule has 0 aliphatic carbocycles. The zero-order chi connectivity index (χ0) is 16.8. The monoisotopic (exact) mass is 431 g/mol.